The zero-order chi connectivity index (χ0) is 17.4. The Bertz CT molecular complexity index is 945. The fourth-order valence-corrected chi connectivity index (χ4v) is 2.44. The number of hydrogen-bond donors (Lipinski definition) is 0. The number of hydrogen-bond acceptors (Lipinski definition) is 6. The van der Waals surface area contributed by atoms with E-state index in [9.17, 15) is 14.4 Å². The number of rotatable bonds is 3. The lowest BCUT2D eigenvalue weighted by atomic mass is 10.1. The van der Waals surface area contributed by atoms with E-state index in [1.54, 1.807) is 41.5 Å². The van der Waals surface area contributed by atoms with Crippen LogP contribution in [-0.2, 0) is 4.84 Å². The maximum atomic E-state index is 12.2. The lowest BCUT2D eigenvalue weighted by Crippen LogP contribution is -2.32. The third-order valence-corrected chi connectivity index (χ3v) is 3.68. The Morgan fingerprint density at radius 1 is 1.00 bits per heavy atom. The molecule has 3 heterocycles. The monoisotopic (exact) mass is 334 g/mol. The number of benzene rings is 1. The molecule has 1 aliphatic heterocycles. The highest BCUT2D eigenvalue weighted by atomic mass is 16.7. The highest BCUT2D eigenvalue weighted by Crippen LogP contribution is 2.23. The molecule has 3 aromatic rings. The normalized spacial score (nSPS) is 13.0. The van der Waals surface area contributed by atoms with Crippen molar-refractivity contribution in [3.63, 3.8) is 0 Å². The van der Waals surface area contributed by atoms with E-state index in [-0.39, 0.29) is 16.7 Å². The number of nitrogens with zero attached hydrogens (tertiary/aromatic N) is 4. The molecule has 4 rings (SSSR count). The van der Waals surface area contributed by atoms with E-state index in [0.29, 0.717) is 10.9 Å². The molecule has 0 unspecified atom stereocenters. The van der Waals surface area contributed by atoms with Gasteiger partial charge in [-0.2, -0.15) is 0 Å². The smallest absolute Gasteiger partial charge is 0.324 e. The Morgan fingerprint density at radius 2 is 1.72 bits per heavy atom. The summed E-state index contributed by atoms with van der Waals surface area (Å²) >= 11 is 0. The van der Waals surface area contributed by atoms with Gasteiger partial charge in [0.2, 0.25) is 0 Å². The van der Waals surface area contributed by atoms with E-state index in [1.165, 1.54) is 24.4 Å². The van der Waals surface area contributed by atoms with Gasteiger partial charge in [0.05, 0.1) is 16.7 Å². The van der Waals surface area contributed by atoms with Gasteiger partial charge in [-0.1, -0.05) is 17.2 Å². The molecule has 8 heteroatoms. The van der Waals surface area contributed by atoms with Crippen LogP contribution in [0.5, 0.6) is 0 Å². The zero-order valence-electron chi connectivity index (χ0n) is 12.7. The Labute approximate surface area is 141 Å². The maximum Gasteiger partial charge on any atom is 0.365 e. The van der Waals surface area contributed by atoms with Crippen molar-refractivity contribution in [1.29, 1.82) is 0 Å². The number of aromatic nitrogens is 3. The van der Waals surface area contributed by atoms with Gasteiger partial charge in [-0.15, -0.1) is 0 Å². The Balaban J connectivity index is 1.53. The Hall–Kier alpha value is -3.81. The van der Waals surface area contributed by atoms with E-state index in [2.05, 4.69) is 9.97 Å². The van der Waals surface area contributed by atoms with Crippen molar-refractivity contribution >= 4 is 17.8 Å². The molecule has 0 spiro atoms. The quantitative estimate of drug-likeness (QED) is 0.676. The molecule has 8 nitrogen and oxygen atoms in total. The molecule has 1 aromatic carbocycles. The van der Waals surface area contributed by atoms with Crippen molar-refractivity contribution in [1.82, 2.24) is 19.6 Å². The van der Waals surface area contributed by atoms with Crippen LogP contribution in [0.3, 0.4) is 0 Å². The van der Waals surface area contributed by atoms with Crippen molar-refractivity contribution in [2.45, 2.75) is 0 Å². The van der Waals surface area contributed by atoms with Crippen molar-refractivity contribution in [2.75, 3.05) is 0 Å². The molecule has 2 aromatic heterocycles. The molecule has 0 fully saturated rings. The third kappa shape index (κ3) is 2.45. The number of pyridine rings is 1. The summed E-state index contributed by atoms with van der Waals surface area (Å²) in [5, 5.41) is 0.469. The van der Waals surface area contributed by atoms with E-state index < -0.39 is 17.8 Å². The number of hydroxylamine groups is 2. The summed E-state index contributed by atoms with van der Waals surface area (Å²) in [5.41, 5.74) is 0.517. The van der Waals surface area contributed by atoms with E-state index >= 15 is 0 Å². The number of carbonyl (C=O) groups excluding carboxylic acids is 3. The molecular formula is C17H10N4O4. The summed E-state index contributed by atoms with van der Waals surface area (Å²) < 4.78 is 1.67. The van der Waals surface area contributed by atoms with Gasteiger partial charge in [0.1, 0.15) is 12.1 Å². The summed E-state index contributed by atoms with van der Waals surface area (Å²) in [5.74, 6) is -1.62. The fourth-order valence-electron chi connectivity index (χ4n) is 2.44. The van der Waals surface area contributed by atoms with E-state index in [0.717, 1.165) is 0 Å². The lowest BCUT2D eigenvalue weighted by Gasteiger charge is -2.12. The van der Waals surface area contributed by atoms with Gasteiger partial charge in [0.25, 0.3) is 11.8 Å². The molecule has 122 valence electrons. The molecule has 0 bridgehead atoms. The number of imidazole rings is 1. The van der Waals surface area contributed by atoms with Crippen LogP contribution in [-0.4, -0.2) is 37.4 Å². The summed E-state index contributed by atoms with van der Waals surface area (Å²) in [7, 11) is 0. The van der Waals surface area contributed by atoms with Crippen LogP contribution >= 0.6 is 0 Å². The van der Waals surface area contributed by atoms with Crippen LogP contribution in [0.2, 0.25) is 0 Å². The second-order valence-corrected chi connectivity index (χ2v) is 5.20. The fraction of sp³-hybridized carbons (Fsp3) is 0. The predicted octanol–water partition coefficient (Wildman–Crippen LogP) is 1.64. The molecule has 0 radical (unpaired) electrons. The van der Waals surface area contributed by atoms with E-state index in [1.807, 2.05) is 0 Å². The first-order chi connectivity index (χ1) is 12.1. The predicted molar refractivity (Wildman–Crippen MR) is 83.7 cm³/mol. The van der Waals surface area contributed by atoms with Crippen molar-refractivity contribution < 1.29 is 19.2 Å². The second-order valence-electron chi connectivity index (χ2n) is 5.20. The highest BCUT2D eigenvalue weighted by molar-refractivity contribution is 6.21. The van der Waals surface area contributed by atoms with Gasteiger partial charge in [0.15, 0.2) is 0 Å². The zero-order valence-corrected chi connectivity index (χ0v) is 12.7. The van der Waals surface area contributed by atoms with Gasteiger partial charge in [-0.05, 0) is 24.3 Å². The van der Waals surface area contributed by atoms with Crippen LogP contribution in [0.1, 0.15) is 31.1 Å². The minimum Gasteiger partial charge on any atom is -0.324 e. The first-order valence-corrected chi connectivity index (χ1v) is 7.29. The van der Waals surface area contributed by atoms with Gasteiger partial charge in [-0.25, -0.2) is 14.8 Å². The number of carbonyl (C=O) groups is 3. The van der Waals surface area contributed by atoms with Gasteiger partial charge < -0.3 is 4.84 Å². The van der Waals surface area contributed by atoms with Crippen LogP contribution < -0.4 is 0 Å². The SMILES string of the molecule is O=C(ON1C(=O)c2ccccc2C1=O)c1ccc(-n2ccnc2)nc1. The number of amides is 2. The average molecular weight is 334 g/mol. The minimum absolute atomic E-state index is 0.112. The van der Waals surface area contributed by atoms with Crippen molar-refractivity contribution in [2.24, 2.45) is 0 Å². The van der Waals surface area contributed by atoms with E-state index in [4.69, 9.17) is 4.84 Å². The first kappa shape index (κ1) is 14.8. The second kappa shape index (κ2) is 5.68. The molecule has 0 saturated carbocycles. The topological polar surface area (TPSA) is 94.4 Å². The summed E-state index contributed by atoms with van der Waals surface area (Å²) in [6.07, 6.45) is 6.18. The molecule has 0 atom stereocenters. The molecule has 0 saturated heterocycles. The summed E-state index contributed by atoms with van der Waals surface area (Å²) in [6.45, 7) is 0. The third-order valence-electron chi connectivity index (χ3n) is 3.68. The molecule has 1 aliphatic rings. The summed E-state index contributed by atoms with van der Waals surface area (Å²) in [4.78, 5) is 49.6. The van der Waals surface area contributed by atoms with Crippen LogP contribution in [0, 0.1) is 0 Å². The maximum absolute atomic E-state index is 12.2. The first-order valence-electron chi connectivity index (χ1n) is 7.29. The summed E-state index contributed by atoms with van der Waals surface area (Å²) in [6, 6.07) is 9.36. The minimum atomic E-state index is -0.848. The molecule has 0 N–H and O–H groups in total. The average Bonchev–Trinajstić information content (AvgIpc) is 3.26. The van der Waals surface area contributed by atoms with Crippen molar-refractivity contribution in [3.05, 3.63) is 78.0 Å². The molecular weight excluding hydrogens is 324 g/mol. The van der Waals surface area contributed by atoms with Gasteiger partial charge in [-0.3, -0.25) is 14.2 Å². The largest absolute Gasteiger partial charge is 0.365 e. The van der Waals surface area contributed by atoms with Crippen LogP contribution in [0.25, 0.3) is 5.82 Å². The van der Waals surface area contributed by atoms with Crippen molar-refractivity contribution in [3.8, 4) is 5.82 Å². The van der Waals surface area contributed by atoms with Gasteiger partial charge >= 0.3 is 5.97 Å². The van der Waals surface area contributed by atoms with Crippen LogP contribution in [0.4, 0.5) is 0 Å². The Morgan fingerprint density at radius 3 is 2.28 bits per heavy atom. The molecule has 2 amide bonds. The standard InChI is InChI=1S/C17H10N4O4/c22-15-12-3-1-2-4-13(12)16(23)21(15)25-17(24)11-5-6-14(19-9-11)20-8-7-18-10-20/h1-10H. The lowest BCUT2D eigenvalue weighted by molar-refractivity contribution is -0.0584. The number of imide groups is 1. The highest BCUT2D eigenvalue weighted by Gasteiger charge is 2.38. The van der Waals surface area contributed by atoms with Gasteiger partial charge in [0, 0.05) is 18.6 Å². The number of fused-ring (bicyclic) bond motifs is 1. The van der Waals surface area contributed by atoms with Crippen LogP contribution in [0.15, 0.2) is 61.3 Å². The Kier molecular flexibility index (Phi) is 3.35. The molecule has 0 aliphatic carbocycles. The molecule has 25 heavy (non-hydrogen) atoms.